The zero-order chi connectivity index (χ0) is 23.2. The van der Waals surface area contributed by atoms with E-state index >= 15 is 0 Å². The Balaban J connectivity index is 1.59. The van der Waals surface area contributed by atoms with Crippen molar-refractivity contribution in [2.45, 2.75) is 6.16 Å². The van der Waals surface area contributed by atoms with Crippen molar-refractivity contribution in [2.24, 2.45) is 0 Å². The average molecular weight is 473 g/mol. The number of para-hydroxylation sites is 3. The first kappa shape index (κ1) is 20.3. The molecular weight excluding hydrogens is 451 g/mol. The third-order valence-electron chi connectivity index (χ3n) is 6.63. The van der Waals surface area contributed by atoms with E-state index in [0.717, 1.165) is 55.6 Å². The van der Waals surface area contributed by atoms with Gasteiger partial charge in [0.05, 0.1) is 0 Å². The maximum absolute atomic E-state index is 6.64. The Morgan fingerprint density at radius 3 is 1.20 bits per heavy atom. The fourth-order valence-corrected chi connectivity index (χ4v) is 8.60. The number of rotatable bonds is 5. The van der Waals surface area contributed by atoms with Crippen LogP contribution < -0.4 is 16.5 Å². The second kappa shape index (κ2) is 8.01. The summed E-state index contributed by atoms with van der Waals surface area (Å²) >= 11 is 0. The van der Waals surface area contributed by atoms with E-state index in [9.17, 15) is 0 Å². The highest BCUT2D eigenvalue weighted by Gasteiger charge is 2.55. The SMILES string of the molecule is c1ccc(C[P+](c2cc3ccccc3o2)(c2cc3ccccc3o2)c2cc3ccccc3o2)cc1. The van der Waals surface area contributed by atoms with Gasteiger partial charge in [-0.2, -0.15) is 0 Å². The first-order valence-corrected chi connectivity index (χ1v) is 13.7. The molecule has 0 fully saturated rings. The van der Waals surface area contributed by atoms with Crippen LogP contribution >= 0.6 is 7.26 Å². The average Bonchev–Trinajstić information content (AvgIpc) is 3.64. The van der Waals surface area contributed by atoms with Crippen molar-refractivity contribution in [3.05, 3.63) is 127 Å². The lowest BCUT2D eigenvalue weighted by atomic mass is 10.2. The van der Waals surface area contributed by atoms with Crippen LogP contribution in [0.15, 0.2) is 135 Å². The molecule has 4 aromatic carbocycles. The summed E-state index contributed by atoms with van der Waals surface area (Å²) in [5, 5.41) is 3.23. The molecule has 0 radical (unpaired) electrons. The lowest BCUT2D eigenvalue weighted by molar-refractivity contribution is 0.630. The second-order valence-corrected chi connectivity index (χ2v) is 12.1. The van der Waals surface area contributed by atoms with Crippen molar-refractivity contribution >= 4 is 56.7 Å². The Morgan fingerprint density at radius 1 is 0.429 bits per heavy atom. The Kier molecular flexibility index (Phi) is 4.65. The molecule has 0 aliphatic carbocycles. The van der Waals surface area contributed by atoms with E-state index in [1.807, 2.05) is 60.7 Å². The zero-order valence-corrected chi connectivity index (χ0v) is 19.8. The van der Waals surface area contributed by atoms with Gasteiger partial charge < -0.3 is 13.3 Å². The van der Waals surface area contributed by atoms with Gasteiger partial charge in [-0.15, -0.1) is 0 Å². The van der Waals surface area contributed by atoms with E-state index < -0.39 is 7.26 Å². The van der Waals surface area contributed by atoms with Crippen LogP contribution in [0.25, 0.3) is 32.9 Å². The first-order valence-electron chi connectivity index (χ1n) is 11.7. The summed E-state index contributed by atoms with van der Waals surface area (Å²) in [5.41, 5.74) is 6.52. The Bertz CT molecular complexity index is 1510. The maximum atomic E-state index is 6.64. The fourth-order valence-electron chi connectivity index (χ4n) is 4.88. The van der Waals surface area contributed by atoms with Gasteiger partial charge in [0.2, 0.25) is 7.26 Å². The van der Waals surface area contributed by atoms with Gasteiger partial charge >= 0.3 is 0 Å². The van der Waals surface area contributed by atoms with Crippen molar-refractivity contribution in [3.63, 3.8) is 0 Å². The van der Waals surface area contributed by atoms with E-state index in [4.69, 9.17) is 13.3 Å². The van der Waals surface area contributed by atoms with Gasteiger partial charge in [-0.05, 0) is 23.8 Å². The van der Waals surface area contributed by atoms with Gasteiger partial charge in [0.1, 0.15) is 22.9 Å². The molecule has 4 heteroatoms. The van der Waals surface area contributed by atoms with Crippen LogP contribution in [0.4, 0.5) is 0 Å². The molecule has 0 aliphatic rings. The zero-order valence-electron chi connectivity index (χ0n) is 18.9. The topological polar surface area (TPSA) is 39.4 Å². The van der Waals surface area contributed by atoms with Crippen molar-refractivity contribution < 1.29 is 13.3 Å². The standard InChI is InChI=1S/C31H22O3P/c1-2-10-22(11-3-1)21-35(29-18-23-12-4-7-15-26(23)32-29,30-19-24-13-5-8-16-27(24)33-30)31-20-25-14-6-9-17-28(25)34-31/h1-20H,21H2/q+1. The van der Waals surface area contributed by atoms with Gasteiger partial charge in [-0.3, -0.25) is 0 Å². The van der Waals surface area contributed by atoms with Gasteiger partial charge in [-0.1, -0.05) is 84.9 Å². The lowest BCUT2D eigenvalue weighted by Crippen LogP contribution is -2.30. The van der Waals surface area contributed by atoms with Crippen LogP contribution in [0.1, 0.15) is 5.56 Å². The highest BCUT2D eigenvalue weighted by atomic mass is 31.2. The van der Waals surface area contributed by atoms with E-state index in [0.29, 0.717) is 0 Å². The molecule has 0 atom stereocenters. The van der Waals surface area contributed by atoms with Crippen molar-refractivity contribution in [3.8, 4) is 0 Å². The molecule has 0 amide bonds. The second-order valence-electron chi connectivity index (χ2n) is 8.82. The van der Waals surface area contributed by atoms with Crippen molar-refractivity contribution in [1.82, 2.24) is 0 Å². The lowest BCUT2D eigenvalue weighted by Gasteiger charge is -2.19. The summed E-state index contributed by atoms with van der Waals surface area (Å²) in [5.74, 6) is 0. The van der Waals surface area contributed by atoms with Gasteiger partial charge in [0, 0.05) is 34.4 Å². The molecule has 0 aliphatic heterocycles. The monoisotopic (exact) mass is 473 g/mol. The molecule has 3 aromatic heterocycles. The number of furan rings is 3. The Labute approximate surface area is 202 Å². The highest BCUT2D eigenvalue weighted by molar-refractivity contribution is 7.94. The normalized spacial score (nSPS) is 12.1. The van der Waals surface area contributed by atoms with Crippen LogP contribution in [-0.2, 0) is 6.16 Å². The number of hydrogen-bond donors (Lipinski definition) is 0. The highest BCUT2D eigenvalue weighted by Crippen LogP contribution is 2.60. The van der Waals surface area contributed by atoms with Gasteiger partial charge in [0.15, 0.2) is 0 Å². The fraction of sp³-hybridized carbons (Fsp3) is 0.0323. The van der Waals surface area contributed by atoms with Crippen LogP contribution in [0.2, 0.25) is 0 Å². The number of fused-ring (bicyclic) bond motifs is 3. The molecule has 0 bridgehead atoms. The molecule has 35 heavy (non-hydrogen) atoms. The van der Waals surface area contributed by atoms with Crippen LogP contribution in [-0.4, -0.2) is 0 Å². The van der Waals surface area contributed by atoms with E-state index in [-0.39, 0.29) is 0 Å². The summed E-state index contributed by atoms with van der Waals surface area (Å²) in [6, 6.07) is 41.6. The predicted molar refractivity (Wildman–Crippen MR) is 145 cm³/mol. The van der Waals surface area contributed by atoms with Crippen LogP contribution in [0.5, 0.6) is 0 Å². The molecule has 0 saturated carbocycles. The number of hydrogen-bond acceptors (Lipinski definition) is 3. The smallest absolute Gasteiger partial charge is 0.264 e. The summed E-state index contributed by atoms with van der Waals surface area (Å²) in [7, 11) is -2.49. The summed E-state index contributed by atoms with van der Waals surface area (Å²) in [4.78, 5) is 0. The maximum Gasteiger partial charge on any atom is 0.264 e. The molecule has 0 N–H and O–H groups in total. The molecule has 0 unspecified atom stereocenters. The van der Waals surface area contributed by atoms with Crippen LogP contribution in [0.3, 0.4) is 0 Å². The molecule has 0 saturated heterocycles. The van der Waals surface area contributed by atoms with Crippen molar-refractivity contribution in [1.29, 1.82) is 0 Å². The first-order chi connectivity index (χ1) is 17.3. The van der Waals surface area contributed by atoms with Gasteiger partial charge in [-0.25, -0.2) is 0 Å². The predicted octanol–water partition coefficient (Wildman–Crippen LogP) is 7.42. The molecule has 168 valence electrons. The summed E-state index contributed by atoms with van der Waals surface area (Å²) in [6.07, 6.45) is 0.729. The quantitative estimate of drug-likeness (QED) is 0.244. The third kappa shape index (κ3) is 3.31. The molecule has 3 heterocycles. The Morgan fingerprint density at radius 2 is 0.800 bits per heavy atom. The van der Waals surface area contributed by atoms with Gasteiger partial charge in [0.25, 0.3) is 16.5 Å². The number of benzene rings is 4. The summed E-state index contributed by atoms with van der Waals surface area (Å²) < 4.78 is 19.9. The minimum Gasteiger partial charge on any atom is -0.426 e. The minimum absolute atomic E-state index is 0.729. The molecule has 0 spiro atoms. The Hall–Kier alpha value is -4.07. The van der Waals surface area contributed by atoms with E-state index in [1.54, 1.807) is 0 Å². The molecular formula is C31H22O3P+. The molecule has 7 aromatic rings. The third-order valence-corrected chi connectivity index (χ3v) is 10.4. The van der Waals surface area contributed by atoms with E-state index in [2.05, 4.69) is 60.7 Å². The van der Waals surface area contributed by atoms with Crippen LogP contribution in [0, 0.1) is 0 Å². The minimum atomic E-state index is -2.49. The molecule has 7 rings (SSSR count). The molecule has 3 nitrogen and oxygen atoms in total. The summed E-state index contributed by atoms with van der Waals surface area (Å²) in [6.45, 7) is 0. The van der Waals surface area contributed by atoms with E-state index in [1.165, 1.54) is 5.56 Å². The van der Waals surface area contributed by atoms with Crippen molar-refractivity contribution in [2.75, 3.05) is 0 Å². The largest absolute Gasteiger partial charge is 0.426 e.